The van der Waals surface area contributed by atoms with Crippen molar-refractivity contribution in [3.63, 3.8) is 0 Å². The fourth-order valence-electron chi connectivity index (χ4n) is 2.39. The van der Waals surface area contributed by atoms with Crippen LogP contribution in [-0.2, 0) is 4.79 Å². The minimum atomic E-state index is -0.0797. The van der Waals surface area contributed by atoms with E-state index < -0.39 is 0 Å². The lowest BCUT2D eigenvalue weighted by molar-refractivity contribution is -0.114. The van der Waals surface area contributed by atoms with Gasteiger partial charge in [-0.05, 0) is 19.0 Å². The van der Waals surface area contributed by atoms with Crippen molar-refractivity contribution in [1.82, 2.24) is 14.7 Å². The van der Waals surface area contributed by atoms with E-state index in [0.29, 0.717) is 6.42 Å². The van der Waals surface area contributed by atoms with Crippen molar-refractivity contribution in [1.29, 1.82) is 0 Å². The van der Waals surface area contributed by atoms with E-state index in [1.165, 1.54) is 0 Å². The summed E-state index contributed by atoms with van der Waals surface area (Å²) in [7, 11) is 0. The number of hydrogen-bond acceptors (Lipinski definition) is 4. The Bertz CT molecular complexity index is 299. The molecule has 1 saturated heterocycles. The highest BCUT2D eigenvalue weighted by Gasteiger charge is 2.17. The summed E-state index contributed by atoms with van der Waals surface area (Å²) in [5.74, 6) is 2.10. The second-order valence-electron chi connectivity index (χ2n) is 5.03. The lowest BCUT2D eigenvalue weighted by atomic mass is 10.2. The third-order valence-corrected chi connectivity index (χ3v) is 3.91. The fourth-order valence-corrected chi connectivity index (χ4v) is 2.39. The normalized spacial score (nSPS) is 17.6. The van der Waals surface area contributed by atoms with E-state index in [-0.39, 0.29) is 5.78 Å². The maximum atomic E-state index is 11.1. The predicted octanol–water partition coefficient (Wildman–Crippen LogP) is 0.538. The van der Waals surface area contributed by atoms with Crippen LogP contribution in [0.2, 0.25) is 0 Å². The van der Waals surface area contributed by atoms with E-state index in [1.807, 2.05) is 0 Å². The molecule has 1 aliphatic heterocycles. The third-order valence-electron chi connectivity index (χ3n) is 3.91. The Balaban J connectivity index is 2.15. The first kappa shape index (κ1) is 16.2. The van der Waals surface area contributed by atoms with Crippen LogP contribution in [0.5, 0.6) is 0 Å². The molecule has 1 fully saturated rings. The van der Waals surface area contributed by atoms with E-state index in [2.05, 4.69) is 34.5 Å². The molecule has 0 bridgehead atoms. The summed E-state index contributed by atoms with van der Waals surface area (Å²) in [5.41, 5.74) is 0. The number of rotatable bonds is 8. The molecule has 1 aliphatic rings. The van der Waals surface area contributed by atoms with Gasteiger partial charge in [0, 0.05) is 52.2 Å². The molecule has 0 N–H and O–H groups in total. The summed E-state index contributed by atoms with van der Waals surface area (Å²) >= 11 is 0. The molecule has 0 amide bonds. The highest BCUT2D eigenvalue weighted by atomic mass is 16.1. The Labute approximate surface area is 117 Å². The summed E-state index contributed by atoms with van der Waals surface area (Å²) in [6.07, 6.45) is 5.57. The van der Waals surface area contributed by atoms with Crippen LogP contribution in [0.4, 0.5) is 0 Å². The molecule has 0 saturated carbocycles. The van der Waals surface area contributed by atoms with Crippen LogP contribution in [0.1, 0.15) is 20.3 Å². The molecule has 0 aromatic carbocycles. The average Bonchev–Trinajstić information content (AvgIpc) is 2.47. The van der Waals surface area contributed by atoms with Crippen molar-refractivity contribution in [2.24, 2.45) is 0 Å². The first-order valence-electron chi connectivity index (χ1n) is 7.36. The lowest BCUT2D eigenvalue weighted by Gasteiger charge is -2.35. The van der Waals surface area contributed by atoms with E-state index in [1.54, 1.807) is 0 Å². The van der Waals surface area contributed by atoms with Crippen LogP contribution in [0, 0.1) is 12.3 Å². The SMILES string of the molecule is C#CC(=O)CCN1CCN(CCN(CC)CC)CC1. The Morgan fingerprint density at radius 2 is 1.63 bits per heavy atom. The van der Waals surface area contributed by atoms with Gasteiger partial charge < -0.3 is 9.80 Å². The van der Waals surface area contributed by atoms with E-state index >= 15 is 0 Å². The van der Waals surface area contributed by atoms with Gasteiger partial charge in [0.1, 0.15) is 0 Å². The zero-order valence-electron chi connectivity index (χ0n) is 12.4. The van der Waals surface area contributed by atoms with Crippen LogP contribution in [0.3, 0.4) is 0 Å². The maximum Gasteiger partial charge on any atom is 0.206 e. The minimum absolute atomic E-state index is 0.0797. The van der Waals surface area contributed by atoms with Crippen molar-refractivity contribution in [3.05, 3.63) is 0 Å². The van der Waals surface area contributed by atoms with Crippen molar-refractivity contribution in [2.45, 2.75) is 20.3 Å². The second-order valence-corrected chi connectivity index (χ2v) is 5.03. The number of carbonyl (C=O) groups excluding carboxylic acids is 1. The molecule has 4 nitrogen and oxygen atoms in total. The van der Waals surface area contributed by atoms with Gasteiger partial charge >= 0.3 is 0 Å². The predicted molar refractivity (Wildman–Crippen MR) is 79.1 cm³/mol. The highest BCUT2D eigenvalue weighted by Crippen LogP contribution is 2.03. The quantitative estimate of drug-likeness (QED) is 0.473. The van der Waals surface area contributed by atoms with Gasteiger partial charge in [-0.3, -0.25) is 9.69 Å². The summed E-state index contributed by atoms with van der Waals surface area (Å²) in [6.45, 7) is 14.1. The molecule has 0 spiro atoms. The summed E-state index contributed by atoms with van der Waals surface area (Å²) in [6, 6.07) is 0. The number of ketones is 1. The number of nitrogens with zero attached hydrogens (tertiary/aromatic N) is 3. The van der Waals surface area contributed by atoms with Crippen LogP contribution >= 0.6 is 0 Å². The van der Waals surface area contributed by atoms with Crippen LogP contribution in [0.15, 0.2) is 0 Å². The van der Waals surface area contributed by atoms with Crippen LogP contribution in [0.25, 0.3) is 0 Å². The van der Waals surface area contributed by atoms with Gasteiger partial charge in [-0.1, -0.05) is 13.8 Å². The summed E-state index contributed by atoms with van der Waals surface area (Å²) in [5, 5.41) is 0. The number of hydrogen-bond donors (Lipinski definition) is 0. The molecule has 1 heterocycles. The van der Waals surface area contributed by atoms with E-state index in [0.717, 1.165) is 58.9 Å². The van der Waals surface area contributed by atoms with Gasteiger partial charge in [0.15, 0.2) is 0 Å². The first-order valence-corrected chi connectivity index (χ1v) is 7.36. The van der Waals surface area contributed by atoms with Crippen LogP contribution < -0.4 is 0 Å². The van der Waals surface area contributed by atoms with E-state index in [4.69, 9.17) is 6.42 Å². The van der Waals surface area contributed by atoms with Crippen molar-refractivity contribution in [2.75, 3.05) is 58.9 Å². The van der Waals surface area contributed by atoms with Gasteiger partial charge in [0.05, 0.1) is 0 Å². The van der Waals surface area contributed by atoms with Gasteiger partial charge in [-0.2, -0.15) is 0 Å². The molecule has 1 rings (SSSR count). The molecule has 19 heavy (non-hydrogen) atoms. The molecule has 0 aliphatic carbocycles. The Morgan fingerprint density at radius 3 is 2.11 bits per heavy atom. The molecule has 0 aromatic heterocycles. The Kier molecular flexibility index (Phi) is 7.73. The monoisotopic (exact) mass is 265 g/mol. The topological polar surface area (TPSA) is 26.8 Å². The Morgan fingerprint density at radius 1 is 1.11 bits per heavy atom. The van der Waals surface area contributed by atoms with Gasteiger partial charge in [-0.25, -0.2) is 0 Å². The Hall–Kier alpha value is -0.890. The number of Topliss-reactive ketones (excluding diaryl/α,β-unsaturated/α-hetero) is 1. The number of piperazine rings is 1. The zero-order valence-corrected chi connectivity index (χ0v) is 12.4. The number of likely N-dealkylation sites (N-methyl/N-ethyl adjacent to an activating group) is 1. The summed E-state index contributed by atoms with van der Waals surface area (Å²) < 4.78 is 0. The molecule has 0 unspecified atom stereocenters. The fraction of sp³-hybridized carbons (Fsp3) is 0.800. The maximum absolute atomic E-state index is 11.1. The molecular formula is C15H27N3O. The minimum Gasteiger partial charge on any atom is -0.303 e. The molecule has 0 atom stereocenters. The van der Waals surface area contributed by atoms with Crippen molar-refractivity contribution >= 4 is 5.78 Å². The number of terminal acetylenes is 1. The lowest BCUT2D eigenvalue weighted by Crippen LogP contribution is -2.48. The van der Waals surface area contributed by atoms with Crippen molar-refractivity contribution < 1.29 is 4.79 Å². The average molecular weight is 265 g/mol. The third kappa shape index (κ3) is 6.20. The molecule has 0 radical (unpaired) electrons. The van der Waals surface area contributed by atoms with Gasteiger partial charge in [0.2, 0.25) is 5.78 Å². The first-order chi connectivity index (χ1) is 9.19. The second kappa shape index (κ2) is 9.08. The van der Waals surface area contributed by atoms with Gasteiger partial charge in [0.25, 0.3) is 0 Å². The highest BCUT2D eigenvalue weighted by molar-refractivity contribution is 5.94. The molecule has 0 aromatic rings. The van der Waals surface area contributed by atoms with Crippen LogP contribution in [-0.4, -0.2) is 79.4 Å². The zero-order chi connectivity index (χ0) is 14.1. The van der Waals surface area contributed by atoms with E-state index in [9.17, 15) is 4.79 Å². The summed E-state index contributed by atoms with van der Waals surface area (Å²) in [4.78, 5) is 18.4. The van der Waals surface area contributed by atoms with Gasteiger partial charge in [-0.15, -0.1) is 6.42 Å². The smallest absolute Gasteiger partial charge is 0.206 e. The van der Waals surface area contributed by atoms with Crippen molar-refractivity contribution in [3.8, 4) is 12.3 Å². The number of carbonyl (C=O) groups is 1. The standard InChI is InChI=1S/C15H27N3O/c1-4-15(19)7-8-17-11-13-18(14-12-17)10-9-16(5-2)6-3/h1H,5-14H2,2-3H3. The largest absolute Gasteiger partial charge is 0.303 e. The molecule has 4 heteroatoms. The molecule has 108 valence electrons. The molecular weight excluding hydrogens is 238 g/mol.